The monoisotopic (exact) mass is 356 g/mol. The van der Waals surface area contributed by atoms with Crippen LogP contribution in [0.2, 0.25) is 0 Å². The van der Waals surface area contributed by atoms with Gasteiger partial charge in [-0.25, -0.2) is 4.79 Å². The molecule has 6 heteroatoms. The van der Waals surface area contributed by atoms with E-state index in [1.807, 2.05) is 6.08 Å². The lowest BCUT2D eigenvalue weighted by Gasteiger charge is -2.53. The van der Waals surface area contributed by atoms with Crippen LogP contribution in [0.3, 0.4) is 0 Å². The van der Waals surface area contributed by atoms with Crippen molar-refractivity contribution in [1.29, 1.82) is 0 Å². The molecule has 0 bridgehead atoms. The zero-order valence-electron chi connectivity index (χ0n) is 14.3. The number of rotatable bonds is 2. The lowest BCUT2D eigenvalue weighted by atomic mass is 9.47. The lowest BCUT2D eigenvalue weighted by Crippen LogP contribution is -2.58. The molecule has 1 aromatic rings. The van der Waals surface area contributed by atoms with Gasteiger partial charge in [0.25, 0.3) is 0 Å². The largest absolute Gasteiger partial charge is 0.472 e. The summed E-state index contributed by atoms with van der Waals surface area (Å²) in [6.45, 7) is 3.97. The second kappa shape index (κ2) is 5.10. The fourth-order valence-corrected chi connectivity index (χ4v) is 5.73. The lowest BCUT2D eigenvalue weighted by molar-refractivity contribution is -0.158. The van der Waals surface area contributed by atoms with E-state index in [1.165, 1.54) is 0 Å². The number of cyclic esters (lactones) is 1. The standard InChI is InChI=1S/C20H20O6/c1-11-7-16-20(10-21)13(17(22)26-16)3-2-4-15(20)19(11)8-14(25-18(19)23)12-5-6-24-9-12/h3,5-6,9,14-16,21H,1-2,4,7-8,10H2. The normalized spacial score (nSPS) is 41.0. The summed E-state index contributed by atoms with van der Waals surface area (Å²) in [6.07, 6.45) is 6.31. The molecule has 26 heavy (non-hydrogen) atoms. The molecule has 0 amide bonds. The van der Waals surface area contributed by atoms with E-state index >= 15 is 0 Å². The SMILES string of the molecule is C=C1CC2OC(=O)C3=CCCC(C14CC(c1ccoc1)OC4=O)C32CO. The van der Waals surface area contributed by atoms with Crippen LogP contribution < -0.4 is 0 Å². The Hall–Kier alpha value is -2.34. The molecule has 136 valence electrons. The quantitative estimate of drug-likeness (QED) is 0.647. The van der Waals surface area contributed by atoms with Crippen LogP contribution in [-0.2, 0) is 19.1 Å². The molecule has 1 N–H and O–H groups in total. The predicted molar refractivity (Wildman–Crippen MR) is 88.6 cm³/mol. The molecule has 2 aliphatic heterocycles. The third kappa shape index (κ3) is 1.66. The van der Waals surface area contributed by atoms with Gasteiger partial charge in [0, 0.05) is 24.0 Å². The Kier molecular flexibility index (Phi) is 3.11. The molecular formula is C20H20O6. The van der Waals surface area contributed by atoms with Crippen LogP contribution in [0, 0.1) is 16.7 Å². The van der Waals surface area contributed by atoms with Gasteiger partial charge in [-0.15, -0.1) is 0 Å². The van der Waals surface area contributed by atoms with Crippen LogP contribution in [0.5, 0.6) is 0 Å². The Morgan fingerprint density at radius 2 is 2.15 bits per heavy atom. The van der Waals surface area contributed by atoms with Gasteiger partial charge in [0.05, 0.1) is 30.0 Å². The van der Waals surface area contributed by atoms with E-state index < -0.39 is 23.0 Å². The van der Waals surface area contributed by atoms with E-state index in [0.29, 0.717) is 31.3 Å². The van der Waals surface area contributed by atoms with Crippen molar-refractivity contribution in [3.8, 4) is 0 Å². The molecular weight excluding hydrogens is 336 g/mol. The number of hydrogen-bond donors (Lipinski definition) is 1. The van der Waals surface area contributed by atoms with Crippen molar-refractivity contribution in [3.05, 3.63) is 48.0 Å². The number of carbonyl (C=O) groups excluding carboxylic acids is 2. The molecule has 1 spiro atoms. The Morgan fingerprint density at radius 3 is 2.88 bits per heavy atom. The van der Waals surface area contributed by atoms with E-state index in [9.17, 15) is 14.7 Å². The van der Waals surface area contributed by atoms with Gasteiger partial charge in [-0.1, -0.05) is 18.2 Å². The first kappa shape index (κ1) is 15.9. The maximum absolute atomic E-state index is 13.2. The van der Waals surface area contributed by atoms with E-state index in [-0.39, 0.29) is 24.5 Å². The number of hydrogen-bond acceptors (Lipinski definition) is 6. The number of allylic oxidation sites excluding steroid dienone is 1. The number of carbonyl (C=O) groups is 2. The van der Waals surface area contributed by atoms with Crippen molar-refractivity contribution in [3.63, 3.8) is 0 Å². The van der Waals surface area contributed by atoms with Crippen molar-refractivity contribution in [2.75, 3.05) is 6.61 Å². The summed E-state index contributed by atoms with van der Waals surface area (Å²) in [5.41, 5.74) is 0.319. The minimum atomic E-state index is -0.908. The Labute approximate surface area is 150 Å². The third-order valence-corrected chi connectivity index (χ3v) is 6.93. The molecule has 5 rings (SSSR count). The molecule has 0 radical (unpaired) electrons. The van der Waals surface area contributed by atoms with Crippen LogP contribution in [0.15, 0.2) is 46.8 Å². The average Bonchev–Trinajstić information content (AvgIpc) is 3.33. The molecule has 1 aromatic heterocycles. The molecule has 0 aromatic carbocycles. The molecule has 1 saturated carbocycles. The van der Waals surface area contributed by atoms with Gasteiger partial charge in [-0.3, -0.25) is 4.79 Å². The van der Waals surface area contributed by atoms with Crippen molar-refractivity contribution < 1.29 is 28.6 Å². The van der Waals surface area contributed by atoms with Crippen molar-refractivity contribution in [2.45, 2.75) is 37.9 Å². The van der Waals surface area contributed by atoms with Crippen molar-refractivity contribution in [1.82, 2.24) is 0 Å². The summed E-state index contributed by atoms with van der Waals surface area (Å²) in [6, 6.07) is 1.79. The smallest absolute Gasteiger partial charge is 0.334 e. The van der Waals surface area contributed by atoms with Crippen LogP contribution in [0.25, 0.3) is 0 Å². The number of aliphatic hydroxyl groups excluding tert-OH is 1. The molecule has 2 aliphatic carbocycles. The molecule has 6 nitrogen and oxygen atoms in total. The number of aliphatic hydroxyl groups is 1. The number of ether oxygens (including phenoxy) is 2. The molecule has 5 atom stereocenters. The summed E-state index contributed by atoms with van der Waals surface area (Å²) >= 11 is 0. The fraction of sp³-hybridized carbons (Fsp3) is 0.500. The summed E-state index contributed by atoms with van der Waals surface area (Å²) in [7, 11) is 0. The van der Waals surface area contributed by atoms with Crippen molar-refractivity contribution in [2.24, 2.45) is 16.7 Å². The third-order valence-electron chi connectivity index (χ3n) is 6.93. The first-order valence-corrected chi connectivity index (χ1v) is 8.98. The van der Waals surface area contributed by atoms with E-state index in [0.717, 1.165) is 11.1 Å². The molecule has 2 saturated heterocycles. The molecule has 5 unspecified atom stereocenters. The zero-order valence-corrected chi connectivity index (χ0v) is 14.3. The molecule has 3 fully saturated rings. The van der Waals surface area contributed by atoms with Gasteiger partial charge in [0.2, 0.25) is 0 Å². The number of esters is 2. The second-order valence-corrected chi connectivity index (χ2v) is 7.77. The Balaban J connectivity index is 1.64. The number of furan rings is 1. The predicted octanol–water partition coefficient (Wildman–Crippen LogP) is 2.45. The Bertz CT molecular complexity index is 836. The van der Waals surface area contributed by atoms with Crippen LogP contribution >= 0.6 is 0 Å². The van der Waals surface area contributed by atoms with Gasteiger partial charge in [-0.05, 0) is 24.8 Å². The molecule has 3 heterocycles. The highest BCUT2D eigenvalue weighted by Gasteiger charge is 2.71. The first-order chi connectivity index (χ1) is 12.5. The second-order valence-electron chi connectivity index (χ2n) is 7.77. The minimum absolute atomic E-state index is 0.224. The van der Waals surface area contributed by atoms with Gasteiger partial charge < -0.3 is 19.0 Å². The summed E-state index contributed by atoms with van der Waals surface area (Å²) in [5.74, 6) is -0.955. The summed E-state index contributed by atoms with van der Waals surface area (Å²) in [4.78, 5) is 25.6. The summed E-state index contributed by atoms with van der Waals surface area (Å²) < 4.78 is 16.5. The highest BCUT2D eigenvalue weighted by Crippen LogP contribution is 2.67. The maximum atomic E-state index is 13.2. The van der Waals surface area contributed by atoms with Crippen LogP contribution in [0.1, 0.15) is 37.4 Å². The highest BCUT2D eigenvalue weighted by atomic mass is 16.6. The van der Waals surface area contributed by atoms with E-state index in [2.05, 4.69) is 6.58 Å². The van der Waals surface area contributed by atoms with E-state index in [1.54, 1.807) is 18.6 Å². The first-order valence-electron chi connectivity index (χ1n) is 8.98. The molecule has 4 aliphatic rings. The average molecular weight is 356 g/mol. The van der Waals surface area contributed by atoms with E-state index in [4.69, 9.17) is 13.9 Å². The van der Waals surface area contributed by atoms with Gasteiger partial charge in [-0.2, -0.15) is 0 Å². The number of fused-ring (bicyclic) bond motifs is 1. The van der Waals surface area contributed by atoms with Gasteiger partial charge in [0.15, 0.2) is 0 Å². The summed E-state index contributed by atoms with van der Waals surface area (Å²) in [5, 5.41) is 10.4. The van der Waals surface area contributed by atoms with Gasteiger partial charge in [0.1, 0.15) is 12.2 Å². The van der Waals surface area contributed by atoms with Crippen LogP contribution in [0.4, 0.5) is 0 Å². The van der Waals surface area contributed by atoms with Gasteiger partial charge >= 0.3 is 11.9 Å². The Morgan fingerprint density at radius 1 is 1.31 bits per heavy atom. The van der Waals surface area contributed by atoms with Crippen LogP contribution in [-0.4, -0.2) is 29.8 Å². The maximum Gasteiger partial charge on any atom is 0.334 e. The fourth-order valence-electron chi connectivity index (χ4n) is 5.73. The topological polar surface area (TPSA) is 86.0 Å². The highest BCUT2D eigenvalue weighted by molar-refractivity contribution is 5.95. The zero-order chi connectivity index (χ0) is 18.1. The van der Waals surface area contributed by atoms with Crippen molar-refractivity contribution >= 4 is 11.9 Å². The minimum Gasteiger partial charge on any atom is -0.472 e.